The first-order chi connectivity index (χ1) is 12.6. The number of H-pyrrole nitrogens is 1. The zero-order chi connectivity index (χ0) is 18.1. The highest BCUT2D eigenvalue weighted by Gasteiger charge is 2.27. The number of hydrogen-bond acceptors (Lipinski definition) is 4. The molecule has 0 unspecified atom stereocenters. The van der Waals surface area contributed by atoms with Crippen molar-refractivity contribution in [1.82, 2.24) is 19.6 Å². The van der Waals surface area contributed by atoms with Gasteiger partial charge in [0, 0.05) is 31.7 Å². The summed E-state index contributed by atoms with van der Waals surface area (Å²) in [6.07, 6.45) is 3.01. The minimum absolute atomic E-state index is 0.189. The highest BCUT2D eigenvalue weighted by atomic mass is 16.5. The molecule has 140 valence electrons. The first-order valence-electron chi connectivity index (χ1n) is 9.50. The zero-order valence-electron chi connectivity index (χ0n) is 15.7. The SMILES string of the molecule is COc1ccc(CN2CCc3[nH]n(C4CCN(C)CC4)c(=O)c3C2)cc1. The third-order valence-electron chi connectivity index (χ3n) is 5.77. The Hall–Kier alpha value is -2.05. The maximum absolute atomic E-state index is 13.0. The topological polar surface area (TPSA) is 53.5 Å². The minimum Gasteiger partial charge on any atom is -0.497 e. The number of aromatic nitrogens is 2. The Kier molecular flexibility index (Phi) is 4.87. The van der Waals surface area contributed by atoms with E-state index in [-0.39, 0.29) is 5.56 Å². The molecule has 3 heterocycles. The van der Waals surface area contributed by atoms with Gasteiger partial charge in [-0.1, -0.05) is 12.1 Å². The van der Waals surface area contributed by atoms with Crippen molar-refractivity contribution in [3.8, 4) is 5.75 Å². The predicted molar refractivity (Wildman–Crippen MR) is 102 cm³/mol. The van der Waals surface area contributed by atoms with E-state index in [2.05, 4.69) is 34.1 Å². The number of benzene rings is 1. The normalized spacial score (nSPS) is 19.5. The van der Waals surface area contributed by atoms with Gasteiger partial charge in [-0.05, 0) is 50.7 Å². The number of nitrogens with zero attached hydrogens (tertiary/aromatic N) is 3. The van der Waals surface area contributed by atoms with Crippen LogP contribution in [0.2, 0.25) is 0 Å². The monoisotopic (exact) mass is 356 g/mol. The first kappa shape index (κ1) is 17.4. The molecule has 1 N–H and O–H groups in total. The van der Waals surface area contributed by atoms with Gasteiger partial charge in [0.1, 0.15) is 5.75 Å². The van der Waals surface area contributed by atoms with Crippen LogP contribution in [0.4, 0.5) is 0 Å². The Morgan fingerprint density at radius 2 is 1.88 bits per heavy atom. The number of ether oxygens (including phenoxy) is 1. The van der Waals surface area contributed by atoms with Crippen molar-refractivity contribution in [3.05, 3.63) is 51.4 Å². The number of piperidine rings is 1. The molecule has 1 aromatic carbocycles. The van der Waals surface area contributed by atoms with Crippen molar-refractivity contribution in [3.63, 3.8) is 0 Å². The van der Waals surface area contributed by atoms with E-state index >= 15 is 0 Å². The van der Waals surface area contributed by atoms with Gasteiger partial charge in [-0.2, -0.15) is 0 Å². The summed E-state index contributed by atoms with van der Waals surface area (Å²) in [6.45, 7) is 4.69. The van der Waals surface area contributed by atoms with Gasteiger partial charge >= 0.3 is 0 Å². The van der Waals surface area contributed by atoms with Crippen molar-refractivity contribution in [2.75, 3.05) is 33.8 Å². The smallest absolute Gasteiger partial charge is 0.271 e. The summed E-state index contributed by atoms with van der Waals surface area (Å²) >= 11 is 0. The van der Waals surface area contributed by atoms with Gasteiger partial charge in [0.05, 0.1) is 18.7 Å². The van der Waals surface area contributed by atoms with Crippen LogP contribution in [0.1, 0.15) is 35.7 Å². The molecule has 0 amide bonds. The zero-order valence-corrected chi connectivity index (χ0v) is 15.7. The second kappa shape index (κ2) is 7.29. The van der Waals surface area contributed by atoms with Crippen LogP contribution in [-0.4, -0.2) is 53.4 Å². The van der Waals surface area contributed by atoms with E-state index in [1.807, 2.05) is 16.8 Å². The molecule has 2 aliphatic heterocycles. The molecule has 6 nitrogen and oxygen atoms in total. The van der Waals surface area contributed by atoms with Crippen LogP contribution in [0, 0.1) is 0 Å². The second-order valence-electron chi connectivity index (χ2n) is 7.59. The number of hydrogen-bond donors (Lipinski definition) is 1. The Labute approximate surface area is 154 Å². The fraction of sp³-hybridized carbons (Fsp3) is 0.550. The van der Waals surface area contributed by atoms with E-state index in [4.69, 9.17) is 4.74 Å². The molecule has 0 spiro atoms. The summed E-state index contributed by atoms with van der Waals surface area (Å²) in [4.78, 5) is 17.6. The molecule has 2 aromatic rings. The molecule has 0 aliphatic carbocycles. The lowest BCUT2D eigenvalue weighted by atomic mass is 10.1. The van der Waals surface area contributed by atoms with Crippen LogP contribution in [-0.2, 0) is 19.5 Å². The van der Waals surface area contributed by atoms with E-state index < -0.39 is 0 Å². The van der Waals surface area contributed by atoms with Crippen LogP contribution in [0.15, 0.2) is 29.1 Å². The van der Waals surface area contributed by atoms with E-state index in [0.29, 0.717) is 6.04 Å². The van der Waals surface area contributed by atoms with Gasteiger partial charge in [0.25, 0.3) is 5.56 Å². The Bertz CT molecular complexity index is 800. The molecule has 1 aromatic heterocycles. The molecule has 26 heavy (non-hydrogen) atoms. The standard InChI is InChI=1S/C20H28N4O2/c1-22-10-7-16(8-11-22)24-20(25)18-14-23(12-9-19(18)21-24)13-15-3-5-17(26-2)6-4-15/h3-6,16,21H,7-14H2,1-2H3. The summed E-state index contributed by atoms with van der Waals surface area (Å²) < 4.78 is 7.13. The molecule has 6 heteroatoms. The number of rotatable bonds is 4. The number of nitrogens with one attached hydrogen (secondary N) is 1. The molecule has 0 saturated carbocycles. The molecular weight excluding hydrogens is 328 g/mol. The average molecular weight is 356 g/mol. The van der Waals surface area contributed by atoms with Gasteiger partial charge in [-0.25, -0.2) is 4.68 Å². The molecule has 0 radical (unpaired) electrons. The summed E-state index contributed by atoms with van der Waals surface area (Å²) in [7, 11) is 3.83. The average Bonchev–Trinajstić information content (AvgIpc) is 2.99. The molecule has 2 aliphatic rings. The summed E-state index contributed by atoms with van der Waals surface area (Å²) in [6, 6.07) is 8.51. The highest BCUT2D eigenvalue weighted by molar-refractivity contribution is 5.27. The molecule has 1 saturated heterocycles. The van der Waals surface area contributed by atoms with Crippen molar-refractivity contribution in [2.24, 2.45) is 0 Å². The molecular formula is C20H28N4O2. The van der Waals surface area contributed by atoms with Gasteiger partial charge in [0.2, 0.25) is 0 Å². The third kappa shape index (κ3) is 3.44. The molecule has 0 atom stereocenters. The maximum atomic E-state index is 13.0. The van der Waals surface area contributed by atoms with E-state index in [1.54, 1.807) is 7.11 Å². The third-order valence-corrected chi connectivity index (χ3v) is 5.77. The van der Waals surface area contributed by atoms with Crippen molar-refractivity contribution < 1.29 is 4.74 Å². The lowest BCUT2D eigenvalue weighted by molar-refractivity contribution is 0.209. The predicted octanol–water partition coefficient (Wildman–Crippen LogP) is 2.01. The van der Waals surface area contributed by atoms with E-state index in [9.17, 15) is 4.79 Å². The Balaban J connectivity index is 1.47. The van der Waals surface area contributed by atoms with Gasteiger partial charge < -0.3 is 9.64 Å². The lowest BCUT2D eigenvalue weighted by Gasteiger charge is -2.29. The second-order valence-corrected chi connectivity index (χ2v) is 7.59. The quantitative estimate of drug-likeness (QED) is 0.911. The molecule has 1 fully saturated rings. The number of aromatic amines is 1. The molecule has 4 rings (SSSR count). The van der Waals surface area contributed by atoms with Crippen LogP contribution in [0.5, 0.6) is 5.75 Å². The van der Waals surface area contributed by atoms with E-state index in [1.165, 1.54) is 5.56 Å². The van der Waals surface area contributed by atoms with Crippen LogP contribution >= 0.6 is 0 Å². The summed E-state index contributed by atoms with van der Waals surface area (Å²) in [5.41, 5.74) is 3.54. The summed E-state index contributed by atoms with van der Waals surface area (Å²) in [5, 5.41) is 3.43. The highest BCUT2D eigenvalue weighted by Crippen LogP contribution is 2.23. The fourth-order valence-corrected chi connectivity index (χ4v) is 4.11. The van der Waals surface area contributed by atoms with Crippen molar-refractivity contribution in [1.29, 1.82) is 0 Å². The van der Waals surface area contributed by atoms with Crippen LogP contribution in [0.25, 0.3) is 0 Å². The van der Waals surface area contributed by atoms with Crippen molar-refractivity contribution >= 4 is 0 Å². The van der Waals surface area contributed by atoms with Crippen LogP contribution < -0.4 is 10.3 Å². The van der Waals surface area contributed by atoms with Gasteiger partial charge in [-0.15, -0.1) is 0 Å². The van der Waals surface area contributed by atoms with Gasteiger partial charge in [-0.3, -0.25) is 14.8 Å². The Morgan fingerprint density at radius 1 is 1.15 bits per heavy atom. The largest absolute Gasteiger partial charge is 0.497 e. The van der Waals surface area contributed by atoms with E-state index in [0.717, 1.165) is 69.0 Å². The number of likely N-dealkylation sites (tertiary alicyclic amines) is 1. The molecule has 0 bridgehead atoms. The van der Waals surface area contributed by atoms with Crippen molar-refractivity contribution in [2.45, 2.75) is 38.4 Å². The summed E-state index contributed by atoms with van der Waals surface area (Å²) in [5.74, 6) is 0.876. The maximum Gasteiger partial charge on any atom is 0.271 e. The van der Waals surface area contributed by atoms with Crippen LogP contribution in [0.3, 0.4) is 0 Å². The minimum atomic E-state index is 0.189. The first-order valence-corrected chi connectivity index (χ1v) is 9.50. The fourth-order valence-electron chi connectivity index (χ4n) is 4.11. The number of fused-ring (bicyclic) bond motifs is 1. The lowest BCUT2D eigenvalue weighted by Crippen LogP contribution is -2.36. The van der Waals surface area contributed by atoms with Gasteiger partial charge in [0.15, 0.2) is 0 Å². The Morgan fingerprint density at radius 3 is 2.58 bits per heavy atom. The number of methoxy groups -OCH3 is 1.